The molecule has 0 aliphatic rings. The molecule has 1 aromatic rings. The van der Waals surface area contributed by atoms with Gasteiger partial charge in [-0.2, -0.15) is 4.98 Å². The molecule has 0 radical (unpaired) electrons. The van der Waals surface area contributed by atoms with Gasteiger partial charge < -0.3 is 10.2 Å². The lowest BCUT2D eigenvalue weighted by Gasteiger charge is -1.89. The molecule has 0 atom stereocenters. The summed E-state index contributed by atoms with van der Waals surface area (Å²) in [7, 11) is 1.57. The molecule has 1 rings (SSSR count). The van der Waals surface area contributed by atoms with Crippen LogP contribution in [-0.2, 0) is 0 Å². The second-order valence-corrected chi connectivity index (χ2v) is 2.17. The van der Waals surface area contributed by atoms with E-state index in [0.717, 1.165) is 0 Å². The topological polar surface area (TPSA) is 60.2 Å². The fraction of sp³-hybridized carbons (Fsp3) is 0.250. The first-order valence-electron chi connectivity index (χ1n) is 2.33. The zero-order chi connectivity index (χ0) is 6.69. The van der Waals surface area contributed by atoms with Gasteiger partial charge in [0, 0.05) is 5.38 Å². The second-order valence-electron chi connectivity index (χ2n) is 1.35. The van der Waals surface area contributed by atoms with Crippen LogP contribution < -0.4 is 16.0 Å². The molecule has 1 aromatic heterocycles. The van der Waals surface area contributed by atoms with E-state index in [1.54, 1.807) is 12.5 Å². The van der Waals surface area contributed by atoms with E-state index in [4.69, 9.17) is 10.6 Å². The molecule has 1 heterocycles. The van der Waals surface area contributed by atoms with Crippen molar-refractivity contribution in [2.75, 3.05) is 12.5 Å². The smallest absolute Gasteiger partial charge is 0.274 e. The molecule has 0 amide bonds. The summed E-state index contributed by atoms with van der Waals surface area (Å²) in [6.07, 6.45) is 0. The number of nitrogens with one attached hydrogen (secondary N) is 1. The van der Waals surface area contributed by atoms with Crippen molar-refractivity contribution >= 4 is 17.2 Å². The highest BCUT2D eigenvalue weighted by Crippen LogP contribution is 2.19. The summed E-state index contributed by atoms with van der Waals surface area (Å²) in [5.74, 6) is 5.69. The summed E-state index contributed by atoms with van der Waals surface area (Å²) >= 11 is 1.40. The molecule has 0 aliphatic carbocycles. The number of aromatic nitrogens is 1. The van der Waals surface area contributed by atoms with Gasteiger partial charge in [-0.25, -0.2) is 5.84 Å². The molecule has 50 valence electrons. The normalized spacial score (nSPS) is 9.11. The predicted octanol–water partition coefficient (Wildman–Crippen LogP) is 0.437. The fourth-order valence-corrected chi connectivity index (χ4v) is 0.998. The molecule has 5 heteroatoms. The quantitative estimate of drug-likeness (QED) is 0.468. The van der Waals surface area contributed by atoms with E-state index in [-0.39, 0.29) is 0 Å². The Hall–Kier alpha value is -0.810. The zero-order valence-corrected chi connectivity index (χ0v) is 5.73. The van der Waals surface area contributed by atoms with E-state index in [9.17, 15) is 0 Å². The molecule has 0 unspecified atom stereocenters. The first-order valence-corrected chi connectivity index (χ1v) is 3.21. The molecule has 0 aliphatic heterocycles. The van der Waals surface area contributed by atoms with Crippen LogP contribution >= 0.6 is 11.3 Å². The van der Waals surface area contributed by atoms with Crippen molar-refractivity contribution < 1.29 is 4.74 Å². The van der Waals surface area contributed by atoms with Crippen molar-refractivity contribution in [1.29, 1.82) is 0 Å². The van der Waals surface area contributed by atoms with E-state index in [1.807, 2.05) is 0 Å². The van der Waals surface area contributed by atoms with Gasteiger partial charge in [0.2, 0.25) is 0 Å². The van der Waals surface area contributed by atoms with Crippen molar-refractivity contribution in [1.82, 2.24) is 4.98 Å². The van der Waals surface area contributed by atoms with Crippen LogP contribution in [0.5, 0.6) is 5.19 Å². The first kappa shape index (κ1) is 6.31. The number of nitrogens with two attached hydrogens (primary N) is 1. The Bertz CT molecular complexity index is 169. The number of hydrogen-bond donors (Lipinski definition) is 2. The first-order chi connectivity index (χ1) is 4.36. The molecule has 3 N–H and O–H groups in total. The lowest BCUT2D eigenvalue weighted by molar-refractivity contribution is 0.412. The average Bonchev–Trinajstić information content (AvgIpc) is 2.34. The number of nitrogen functional groups attached to an aromatic ring is 1. The lowest BCUT2D eigenvalue weighted by Crippen LogP contribution is -2.06. The van der Waals surface area contributed by atoms with Crippen molar-refractivity contribution in [3.63, 3.8) is 0 Å². The Morgan fingerprint density at radius 2 is 2.67 bits per heavy atom. The van der Waals surface area contributed by atoms with Crippen LogP contribution in [0.4, 0.5) is 5.82 Å². The molecule has 0 saturated heterocycles. The van der Waals surface area contributed by atoms with E-state index >= 15 is 0 Å². The second kappa shape index (κ2) is 2.65. The number of hydrazine groups is 1. The Morgan fingerprint density at radius 3 is 3.00 bits per heavy atom. The average molecular weight is 145 g/mol. The molecule has 0 aromatic carbocycles. The minimum absolute atomic E-state index is 0.614. The summed E-state index contributed by atoms with van der Waals surface area (Å²) < 4.78 is 4.81. The number of rotatable bonds is 2. The monoisotopic (exact) mass is 145 g/mol. The van der Waals surface area contributed by atoms with Crippen LogP contribution in [0.15, 0.2) is 5.38 Å². The Balaban J connectivity index is 2.74. The third kappa shape index (κ3) is 1.30. The molecule has 0 fully saturated rings. The molecule has 4 nitrogen and oxygen atoms in total. The lowest BCUT2D eigenvalue weighted by atomic mass is 10.8. The number of nitrogens with zero attached hydrogens (tertiary/aromatic N) is 1. The van der Waals surface area contributed by atoms with Gasteiger partial charge in [-0.1, -0.05) is 11.3 Å². The van der Waals surface area contributed by atoms with Crippen molar-refractivity contribution in [2.45, 2.75) is 0 Å². The summed E-state index contributed by atoms with van der Waals surface area (Å²) in [4.78, 5) is 3.91. The standard InChI is InChI=1S/C4H7N3OS/c1-8-4-6-3(7-5)2-9-4/h2,7H,5H2,1H3. The molecule has 0 bridgehead atoms. The van der Waals surface area contributed by atoms with Crippen LogP contribution in [0.25, 0.3) is 0 Å². The van der Waals surface area contributed by atoms with Gasteiger partial charge in [-0.05, 0) is 0 Å². The fourth-order valence-electron chi connectivity index (χ4n) is 0.417. The van der Waals surface area contributed by atoms with E-state index in [1.165, 1.54) is 11.3 Å². The number of ether oxygens (including phenoxy) is 1. The van der Waals surface area contributed by atoms with Gasteiger partial charge in [0.05, 0.1) is 7.11 Å². The SMILES string of the molecule is COc1nc(NN)cs1. The molecule has 0 saturated carbocycles. The summed E-state index contributed by atoms with van der Waals surface area (Å²) in [5, 5.41) is 2.39. The molecular weight excluding hydrogens is 138 g/mol. The highest BCUT2D eigenvalue weighted by atomic mass is 32.1. The Morgan fingerprint density at radius 1 is 1.89 bits per heavy atom. The van der Waals surface area contributed by atoms with Crippen LogP contribution in [0, 0.1) is 0 Å². The predicted molar refractivity (Wildman–Crippen MR) is 36.5 cm³/mol. The highest BCUT2D eigenvalue weighted by molar-refractivity contribution is 7.11. The summed E-state index contributed by atoms with van der Waals surface area (Å²) in [5.41, 5.74) is 2.40. The van der Waals surface area contributed by atoms with E-state index in [2.05, 4.69) is 10.4 Å². The van der Waals surface area contributed by atoms with Crippen LogP contribution in [0.2, 0.25) is 0 Å². The Kier molecular flexibility index (Phi) is 1.86. The molecule has 0 spiro atoms. The third-order valence-electron chi connectivity index (χ3n) is 0.806. The molecule has 9 heavy (non-hydrogen) atoms. The number of anilines is 1. The van der Waals surface area contributed by atoms with Gasteiger partial charge in [0.25, 0.3) is 5.19 Å². The van der Waals surface area contributed by atoms with Crippen molar-refractivity contribution in [3.8, 4) is 5.19 Å². The van der Waals surface area contributed by atoms with Gasteiger partial charge in [0.1, 0.15) is 0 Å². The van der Waals surface area contributed by atoms with Gasteiger partial charge in [-0.15, -0.1) is 0 Å². The number of thiazole rings is 1. The maximum atomic E-state index is 5.06. The zero-order valence-electron chi connectivity index (χ0n) is 4.92. The minimum atomic E-state index is 0.614. The van der Waals surface area contributed by atoms with Crippen molar-refractivity contribution in [2.24, 2.45) is 5.84 Å². The minimum Gasteiger partial charge on any atom is -0.473 e. The number of hydrogen-bond acceptors (Lipinski definition) is 5. The van der Waals surface area contributed by atoms with Gasteiger partial charge >= 0.3 is 0 Å². The van der Waals surface area contributed by atoms with E-state index < -0.39 is 0 Å². The van der Waals surface area contributed by atoms with Crippen LogP contribution in [0.3, 0.4) is 0 Å². The summed E-state index contributed by atoms with van der Waals surface area (Å²) in [6.45, 7) is 0. The Labute approximate surface area is 56.6 Å². The molecular formula is C4H7N3OS. The number of methoxy groups -OCH3 is 1. The maximum Gasteiger partial charge on any atom is 0.274 e. The largest absolute Gasteiger partial charge is 0.473 e. The maximum absolute atomic E-state index is 5.06. The van der Waals surface area contributed by atoms with E-state index in [0.29, 0.717) is 11.0 Å². The van der Waals surface area contributed by atoms with Crippen LogP contribution in [-0.4, -0.2) is 12.1 Å². The van der Waals surface area contributed by atoms with Gasteiger partial charge in [0.15, 0.2) is 5.82 Å². The van der Waals surface area contributed by atoms with Crippen molar-refractivity contribution in [3.05, 3.63) is 5.38 Å². The van der Waals surface area contributed by atoms with Crippen LogP contribution in [0.1, 0.15) is 0 Å². The highest BCUT2D eigenvalue weighted by Gasteiger charge is 1.96. The summed E-state index contributed by atoms with van der Waals surface area (Å²) in [6, 6.07) is 0. The van der Waals surface area contributed by atoms with Gasteiger partial charge in [-0.3, -0.25) is 0 Å². The third-order valence-corrected chi connectivity index (χ3v) is 1.61.